The van der Waals surface area contributed by atoms with Crippen molar-refractivity contribution >= 4 is 5.78 Å². The third-order valence-electron chi connectivity index (χ3n) is 4.12. The first-order valence-electron chi connectivity index (χ1n) is 9.61. The smallest absolute Gasteiger partial charge is 0.163 e. The lowest BCUT2D eigenvalue weighted by atomic mass is 9.98. The van der Waals surface area contributed by atoms with Gasteiger partial charge in [0, 0.05) is 6.42 Å². The lowest BCUT2D eigenvalue weighted by Gasteiger charge is -2.14. The Morgan fingerprint density at radius 3 is 2.17 bits per heavy atom. The quantitative estimate of drug-likeness (QED) is 0.322. The number of hydrogen-bond acceptors (Lipinski definition) is 3. The minimum absolute atomic E-state index is 0.0659. The molecule has 0 saturated carbocycles. The van der Waals surface area contributed by atoms with Gasteiger partial charge in [-0.05, 0) is 46.0 Å². The van der Waals surface area contributed by atoms with Gasteiger partial charge in [-0.15, -0.1) is 0 Å². The predicted octanol–water partition coefficient (Wildman–Crippen LogP) is 5.11. The fourth-order valence-electron chi connectivity index (χ4n) is 2.49. The van der Waals surface area contributed by atoms with Crippen molar-refractivity contribution in [3.05, 3.63) is 24.3 Å². The van der Waals surface area contributed by atoms with Crippen molar-refractivity contribution in [2.45, 2.75) is 103 Å². The van der Waals surface area contributed by atoms with E-state index in [9.17, 15) is 15.0 Å². The van der Waals surface area contributed by atoms with Gasteiger partial charge in [-0.1, -0.05) is 63.3 Å². The summed E-state index contributed by atoms with van der Waals surface area (Å²) in [5.41, 5.74) is -1.18. The summed E-state index contributed by atoms with van der Waals surface area (Å²) in [5.74, 6) is -0.0659. The second-order valence-electron chi connectivity index (χ2n) is 7.12. The average molecular weight is 339 g/mol. The molecule has 0 aliphatic carbocycles. The number of allylic oxidation sites excluding steroid dienone is 3. The van der Waals surface area contributed by atoms with Crippen molar-refractivity contribution in [3.63, 3.8) is 0 Å². The SMILES string of the molecule is CC/C=C\C/C=C\CC(O)CCCCCCCCC(=O)C(C)(C)O. The summed E-state index contributed by atoms with van der Waals surface area (Å²) in [7, 11) is 0. The Hall–Kier alpha value is -0.930. The van der Waals surface area contributed by atoms with E-state index in [-0.39, 0.29) is 11.9 Å². The Morgan fingerprint density at radius 2 is 1.54 bits per heavy atom. The van der Waals surface area contributed by atoms with Crippen LogP contribution >= 0.6 is 0 Å². The van der Waals surface area contributed by atoms with Gasteiger partial charge in [-0.3, -0.25) is 4.79 Å². The van der Waals surface area contributed by atoms with Crippen molar-refractivity contribution in [2.75, 3.05) is 0 Å². The number of carbonyl (C=O) groups excluding carboxylic acids is 1. The van der Waals surface area contributed by atoms with Crippen LogP contribution in [0.15, 0.2) is 24.3 Å². The number of rotatable bonds is 15. The molecule has 0 radical (unpaired) electrons. The molecule has 1 atom stereocenters. The number of unbranched alkanes of at least 4 members (excludes halogenated alkanes) is 5. The van der Waals surface area contributed by atoms with Crippen LogP contribution in [0.2, 0.25) is 0 Å². The van der Waals surface area contributed by atoms with Crippen LogP contribution in [-0.4, -0.2) is 27.7 Å². The van der Waals surface area contributed by atoms with Crippen LogP contribution in [0.1, 0.15) is 91.4 Å². The van der Waals surface area contributed by atoms with E-state index >= 15 is 0 Å². The predicted molar refractivity (Wildman–Crippen MR) is 102 cm³/mol. The van der Waals surface area contributed by atoms with Gasteiger partial charge in [0.15, 0.2) is 5.78 Å². The van der Waals surface area contributed by atoms with E-state index in [4.69, 9.17) is 0 Å². The summed E-state index contributed by atoms with van der Waals surface area (Å²) in [5, 5.41) is 19.4. The van der Waals surface area contributed by atoms with Crippen LogP contribution in [0.3, 0.4) is 0 Å². The van der Waals surface area contributed by atoms with Crippen molar-refractivity contribution in [1.29, 1.82) is 0 Å². The van der Waals surface area contributed by atoms with Gasteiger partial charge in [-0.25, -0.2) is 0 Å². The molecule has 0 aromatic rings. The van der Waals surface area contributed by atoms with Crippen LogP contribution in [0.4, 0.5) is 0 Å². The third kappa shape index (κ3) is 14.6. The molecule has 2 N–H and O–H groups in total. The first-order valence-corrected chi connectivity index (χ1v) is 9.61. The zero-order valence-electron chi connectivity index (χ0n) is 16.0. The molecule has 140 valence electrons. The largest absolute Gasteiger partial charge is 0.393 e. The van der Waals surface area contributed by atoms with Crippen molar-refractivity contribution in [2.24, 2.45) is 0 Å². The third-order valence-corrected chi connectivity index (χ3v) is 4.12. The average Bonchev–Trinajstić information content (AvgIpc) is 2.52. The molecule has 0 saturated heterocycles. The van der Waals surface area contributed by atoms with E-state index in [1.807, 2.05) is 0 Å². The summed E-state index contributed by atoms with van der Waals surface area (Å²) in [6, 6.07) is 0. The zero-order valence-corrected chi connectivity index (χ0v) is 16.0. The molecule has 3 nitrogen and oxygen atoms in total. The minimum atomic E-state index is -1.18. The maximum absolute atomic E-state index is 11.5. The molecule has 3 heteroatoms. The van der Waals surface area contributed by atoms with Crippen LogP contribution < -0.4 is 0 Å². The second-order valence-corrected chi connectivity index (χ2v) is 7.12. The number of ketones is 1. The van der Waals surface area contributed by atoms with Gasteiger partial charge in [0.1, 0.15) is 5.60 Å². The summed E-state index contributed by atoms with van der Waals surface area (Å²) in [6.45, 7) is 5.23. The monoisotopic (exact) mass is 338 g/mol. The van der Waals surface area contributed by atoms with Crippen molar-refractivity contribution < 1.29 is 15.0 Å². The molecule has 0 aliphatic rings. The standard InChI is InChI=1S/C21H38O3/c1-4-5-6-7-10-13-16-19(22)17-14-11-8-9-12-15-18-20(23)21(2,3)24/h5-6,10,13,19,22,24H,4,7-9,11-12,14-18H2,1-3H3/b6-5-,13-10-. The van der Waals surface area contributed by atoms with Crippen LogP contribution in [0.5, 0.6) is 0 Å². The van der Waals surface area contributed by atoms with Gasteiger partial charge in [0.25, 0.3) is 0 Å². The molecular formula is C21H38O3. The molecule has 0 rings (SSSR count). The Morgan fingerprint density at radius 1 is 0.958 bits per heavy atom. The maximum atomic E-state index is 11.5. The molecule has 1 unspecified atom stereocenters. The van der Waals surface area contributed by atoms with E-state index in [0.717, 1.165) is 64.2 Å². The first-order chi connectivity index (χ1) is 11.4. The van der Waals surface area contributed by atoms with E-state index in [1.54, 1.807) is 13.8 Å². The Labute approximate surface area is 148 Å². The molecule has 0 spiro atoms. The van der Waals surface area contributed by atoms with Gasteiger partial charge in [-0.2, -0.15) is 0 Å². The van der Waals surface area contributed by atoms with Gasteiger partial charge >= 0.3 is 0 Å². The fourth-order valence-corrected chi connectivity index (χ4v) is 2.49. The van der Waals surface area contributed by atoms with Gasteiger partial charge in [0.05, 0.1) is 6.10 Å². The number of hydrogen-bond donors (Lipinski definition) is 2. The lowest BCUT2D eigenvalue weighted by Crippen LogP contribution is -2.30. The first kappa shape index (κ1) is 23.1. The highest BCUT2D eigenvalue weighted by Crippen LogP contribution is 2.14. The highest BCUT2D eigenvalue weighted by atomic mass is 16.3. The highest BCUT2D eigenvalue weighted by molar-refractivity contribution is 5.86. The molecular weight excluding hydrogens is 300 g/mol. The molecule has 0 heterocycles. The van der Waals surface area contributed by atoms with E-state index in [2.05, 4.69) is 31.2 Å². The Kier molecular flexibility index (Phi) is 13.9. The number of aliphatic hydroxyl groups is 2. The van der Waals surface area contributed by atoms with Gasteiger partial charge in [0.2, 0.25) is 0 Å². The molecule has 0 aromatic carbocycles. The fraction of sp³-hybridized carbons (Fsp3) is 0.762. The van der Waals surface area contributed by atoms with Crippen molar-refractivity contribution in [3.8, 4) is 0 Å². The van der Waals surface area contributed by atoms with Crippen molar-refractivity contribution in [1.82, 2.24) is 0 Å². The number of carbonyl (C=O) groups is 1. The highest BCUT2D eigenvalue weighted by Gasteiger charge is 2.22. The number of aliphatic hydroxyl groups excluding tert-OH is 1. The topological polar surface area (TPSA) is 57.5 Å². The van der Waals surface area contributed by atoms with Crippen LogP contribution in [0.25, 0.3) is 0 Å². The molecule has 0 bridgehead atoms. The summed E-state index contributed by atoms with van der Waals surface area (Å²) in [6.07, 6.45) is 18.8. The molecule has 0 aromatic heterocycles. The lowest BCUT2D eigenvalue weighted by molar-refractivity contribution is -0.134. The van der Waals surface area contributed by atoms with E-state index in [0.29, 0.717) is 6.42 Å². The van der Waals surface area contributed by atoms with Gasteiger partial charge < -0.3 is 10.2 Å². The Balaban J connectivity index is 3.43. The summed E-state index contributed by atoms with van der Waals surface area (Å²) in [4.78, 5) is 11.5. The van der Waals surface area contributed by atoms with E-state index < -0.39 is 5.60 Å². The normalized spacial score (nSPS) is 13.9. The second kappa shape index (κ2) is 14.4. The molecule has 0 aliphatic heterocycles. The molecule has 0 fully saturated rings. The zero-order chi connectivity index (χ0) is 18.3. The summed E-state index contributed by atoms with van der Waals surface area (Å²) >= 11 is 0. The molecule has 0 amide bonds. The molecule has 24 heavy (non-hydrogen) atoms. The minimum Gasteiger partial charge on any atom is -0.393 e. The maximum Gasteiger partial charge on any atom is 0.163 e. The Bertz CT molecular complexity index is 364. The van der Waals surface area contributed by atoms with Crippen LogP contribution in [0, 0.1) is 0 Å². The number of Topliss-reactive ketones (excluding diaryl/α,β-unsaturated/α-hetero) is 1. The van der Waals surface area contributed by atoms with E-state index in [1.165, 1.54) is 0 Å². The van der Waals surface area contributed by atoms with Crippen LogP contribution in [-0.2, 0) is 4.79 Å². The summed E-state index contributed by atoms with van der Waals surface area (Å²) < 4.78 is 0.